The fourth-order valence-electron chi connectivity index (χ4n) is 4.95. The van der Waals surface area contributed by atoms with Crippen molar-refractivity contribution >= 4 is 49.1 Å². The van der Waals surface area contributed by atoms with E-state index in [9.17, 15) is 31.7 Å². The minimum Gasteiger partial charge on any atom is -0.444 e. The van der Waals surface area contributed by atoms with Gasteiger partial charge in [0.2, 0.25) is 20.0 Å². The number of nitrogens with zero attached hydrogens (tertiary/aromatic N) is 5. The Bertz CT molecular complexity index is 1870. The Morgan fingerprint density at radius 3 is 2.31 bits per heavy atom. The minimum absolute atomic E-state index is 0.0147. The van der Waals surface area contributed by atoms with Crippen molar-refractivity contribution in [1.82, 2.24) is 19.8 Å². The van der Waals surface area contributed by atoms with Crippen LogP contribution in [0.2, 0.25) is 0 Å². The fourth-order valence-corrected chi connectivity index (χ4v) is 6.89. The van der Waals surface area contributed by atoms with Crippen LogP contribution in [0.1, 0.15) is 43.6 Å². The predicted molar refractivity (Wildman–Crippen MR) is 181 cm³/mol. The maximum absolute atomic E-state index is 13.5. The van der Waals surface area contributed by atoms with Crippen LogP contribution in [0.25, 0.3) is 0 Å². The van der Waals surface area contributed by atoms with Gasteiger partial charge in [-0.15, -0.1) is 0 Å². The van der Waals surface area contributed by atoms with Crippen LogP contribution >= 0.6 is 0 Å². The third kappa shape index (κ3) is 9.10. The lowest BCUT2D eigenvalue weighted by Crippen LogP contribution is -2.55. The molecule has 3 N–H and O–H groups in total. The lowest BCUT2D eigenvalue weighted by atomic mass is 10.1. The van der Waals surface area contributed by atoms with Crippen molar-refractivity contribution in [2.24, 2.45) is 4.99 Å². The number of alkyl carbamates (subject to hydrolysis) is 1. The molecule has 2 amide bonds. The number of carbonyl (C=O) groups excluding carboxylic acids is 2. The van der Waals surface area contributed by atoms with Crippen LogP contribution < -0.4 is 20.3 Å². The van der Waals surface area contributed by atoms with Gasteiger partial charge in [0.05, 0.1) is 22.4 Å². The molecule has 0 radical (unpaired) electrons. The summed E-state index contributed by atoms with van der Waals surface area (Å²) in [5, 5.41) is 17.8. The molecule has 2 aliphatic heterocycles. The highest BCUT2D eigenvalue weighted by Crippen LogP contribution is 2.26. The van der Waals surface area contributed by atoms with Crippen LogP contribution in [0.4, 0.5) is 16.2 Å². The summed E-state index contributed by atoms with van der Waals surface area (Å²) in [4.78, 5) is 32.0. The highest BCUT2D eigenvalue weighted by atomic mass is 32.2. The van der Waals surface area contributed by atoms with E-state index >= 15 is 0 Å². The zero-order valence-corrected chi connectivity index (χ0v) is 29.3. The number of nitrogens with one attached hydrogen (secondary N) is 3. The van der Waals surface area contributed by atoms with Gasteiger partial charge in [-0.1, -0.05) is 6.07 Å². The maximum Gasteiger partial charge on any atom is 0.407 e. The average molecular weight is 701 g/mol. The average Bonchev–Trinajstić information content (AvgIpc) is 3.02. The van der Waals surface area contributed by atoms with Gasteiger partial charge in [-0.25, -0.2) is 26.6 Å². The van der Waals surface area contributed by atoms with Crippen molar-refractivity contribution in [2.75, 3.05) is 49.1 Å². The summed E-state index contributed by atoms with van der Waals surface area (Å²) >= 11 is 0. The Morgan fingerprint density at radius 2 is 1.73 bits per heavy atom. The number of anilines is 2. The van der Waals surface area contributed by atoms with Gasteiger partial charge >= 0.3 is 6.09 Å². The number of carbonyl (C=O) groups is 2. The van der Waals surface area contributed by atoms with Gasteiger partial charge in [-0.2, -0.15) is 9.57 Å². The molecule has 1 atom stereocenters. The molecule has 2 aliphatic rings. The van der Waals surface area contributed by atoms with Crippen LogP contribution in [0.3, 0.4) is 0 Å². The van der Waals surface area contributed by atoms with E-state index in [1.807, 2.05) is 17.9 Å². The third-order valence-electron chi connectivity index (χ3n) is 7.43. The van der Waals surface area contributed by atoms with E-state index in [4.69, 9.17) is 4.74 Å². The highest BCUT2D eigenvalue weighted by Gasteiger charge is 2.32. The molecule has 2 aromatic rings. The maximum atomic E-state index is 13.5. The molecule has 2 aromatic carbocycles. The van der Waals surface area contributed by atoms with E-state index in [1.54, 1.807) is 32.9 Å². The summed E-state index contributed by atoms with van der Waals surface area (Å²) in [6.07, 6.45) is 1.56. The normalized spacial score (nSPS) is 17.6. The van der Waals surface area contributed by atoms with Crippen LogP contribution in [-0.2, 0) is 31.3 Å². The molecule has 0 saturated carbocycles. The van der Waals surface area contributed by atoms with Crippen molar-refractivity contribution in [1.29, 1.82) is 5.26 Å². The number of sulfonamides is 2. The number of ether oxygens (including phenoxy) is 1. The van der Waals surface area contributed by atoms with Gasteiger partial charge in [0, 0.05) is 51.2 Å². The Labute approximate surface area is 281 Å². The molecule has 0 aromatic heterocycles. The quantitative estimate of drug-likeness (QED) is 0.350. The van der Waals surface area contributed by atoms with Crippen LogP contribution in [-0.4, -0.2) is 95.1 Å². The molecule has 1 unspecified atom stereocenters. The second kappa shape index (κ2) is 14.3. The number of rotatable bonds is 9. The molecule has 2 heterocycles. The molecule has 4 rings (SSSR count). The predicted octanol–water partition coefficient (Wildman–Crippen LogP) is 2.42. The number of aliphatic imine (C=N–C) groups is 1. The first-order valence-corrected chi connectivity index (χ1v) is 18.3. The van der Waals surface area contributed by atoms with E-state index in [-0.39, 0.29) is 41.5 Å². The largest absolute Gasteiger partial charge is 0.444 e. The SMILES string of the molecule is CC1=CC(C#N)=NC(N2CCN(S(=O)(=O)c3ccc(NC(=O)c4cc(CNC(=O)OC(C)(C)C)ccc4N(C)S(C)(=O)=O)cc3)CC2)N1. The van der Waals surface area contributed by atoms with Crippen LogP contribution in [0.5, 0.6) is 0 Å². The van der Waals surface area contributed by atoms with E-state index < -0.39 is 43.9 Å². The zero-order valence-electron chi connectivity index (χ0n) is 27.6. The number of hydrogen-bond donors (Lipinski definition) is 3. The molecule has 17 heteroatoms. The summed E-state index contributed by atoms with van der Waals surface area (Å²) < 4.78 is 59.1. The summed E-state index contributed by atoms with van der Waals surface area (Å²) in [5.41, 5.74) is 1.33. The first-order valence-electron chi connectivity index (χ1n) is 15.0. The number of piperazine rings is 1. The van der Waals surface area contributed by atoms with Crippen molar-refractivity contribution < 1.29 is 31.2 Å². The monoisotopic (exact) mass is 700 g/mol. The summed E-state index contributed by atoms with van der Waals surface area (Å²) in [7, 11) is -6.26. The second-order valence-corrected chi connectivity index (χ2v) is 16.3. The number of benzene rings is 2. The smallest absolute Gasteiger partial charge is 0.407 e. The molecule has 48 heavy (non-hydrogen) atoms. The molecule has 0 aliphatic carbocycles. The lowest BCUT2D eigenvalue weighted by molar-refractivity contribution is 0.0523. The topological polar surface area (TPSA) is 194 Å². The van der Waals surface area contributed by atoms with Gasteiger partial charge in [-0.05, 0) is 75.7 Å². The first-order chi connectivity index (χ1) is 22.4. The molecular weight excluding hydrogens is 661 g/mol. The van der Waals surface area contributed by atoms with Crippen LogP contribution in [0, 0.1) is 11.3 Å². The lowest BCUT2D eigenvalue weighted by Gasteiger charge is -2.38. The van der Waals surface area contributed by atoms with Gasteiger partial charge in [-0.3, -0.25) is 14.0 Å². The molecule has 0 bridgehead atoms. The first kappa shape index (κ1) is 36.3. The summed E-state index contributed by atoms with van der Waals surface area (Å²) in [6, 6.07) is 12.3. The Balaban J connectivity index is 1.46. The van der Waals surface area contributed by atoms with Gasteiger partial charge in [0.1, 0.15) is 17.4 Å². The van der Waals surface area contributed by atoms with E-state index in [2.05, 4.69) is 20.9 Å². The number of nitriles is 1. The molecule has 15 nitrogen and oxygen atoms in total. The Hall–Kier alpha value is -4.50. The third-order valence-corrected chi connectivity index (χ3v) is 10.5. The van der Waals surface area contributed by atoms with Gasteiger partial charge in [0.15, 0.2) is 6.29 Å². The molecule has 258 valence electrons. The van der Waals surface area contributed by atoms with Crippen molar-refractivity contribution in [2.45, 2.75) is 51.0 Å². The molecule has 1 saturated heterocycles. The van der Waals surface area contributed by atoms with Crippen molar-refractivity contribution in [3.63, 3.8) is 0 Å². The molecule has 0 spiro atoms. The fraction of sp³-hybridized carbons (Fsp3) is 0.419. The number of amides is 2. The van der Waals surface area contributed by atoms with Crippen molar-refractivity contribution in [3.05, 3.63) is 65.4 Å². The van der Waals surface area contributed by atoms with Crippen molar-refractivity contribution in [3.8, 4) is 6.07 Å². The summed E-state index contributed by atoms with van der Waals surface area (Å²) in [5.74, 6) is -0.644. The number of hydrogen-bond acceptors (Lipinski definition) is 11. The standard InChI is InChI=1S/C31H40N8O7S2/c1-21-17-24(19-32)36-29(34-21)38-13-15-39(16-14-38)48(44,45)25-10-8-23(9-11-25)35-28(40)26-18-22(20-33-30(41)46-31(2,3)4)7-12-27(26)37(5)47(6,42)43/h7-12,17-18,29,34H,13-16,20H2,1-6H3,(H,33,41)(H,35,40). The summed E-state index contributed by atoms with van der Waals surface area (Å²) in [6.45, 7) is 8.27. The van der Waals surface area contributed by atoms with Gasteiger partial charge in [0.25, 0.3) is 5.91 Å². The second-order valence-electron chi connectivity index (χ2n) is 12.3. The number of allylic oxidation sites excluding steroid dienone is 2. The highest BCUT2D eigenvalue weighted by molar-refractivity contribution is 7.92. The minimum atomic E-state index is -3.85. The molecular formula is C31H40N8O7S2. The van der Waals surface area contributed by atoms with Gasteiger partial charge < -0.3 is 20.7 Å². The van der Waals surface area contributed by atoms with E-state index in [1.165, 1.54) is 47.8 Å². The Morgan fingerprint density at radius 1 is 1.08 bits per heavy atom. The van der Waals surface area contributed by atoms with E-state index in [0.29, 0.717) is 24.4 Å². The zero-order chi connectivity index (χ0) is 35.4. The molecule has 1 fully saturated rings. The van der Waals surface area contributed by atoms with E-state index in [0.717, 1.165) is 16.3 Å². The van der Waals surface area contributed by atoms with Crippen LogP contribution in [0.15, 0.2) is 64.1 Å². The Kier molecular flexibility index (Phi) is 10.8.